The molecule has 0 fully saturated rings. The quantitative estimate of drug-likeness (QED) is 0.329. The molecule has 0 atom stereocenters. The molecule has 34 valence electrons. The van der Waals surface area contributed by atoms with E-state index in [9.17, 15) is 0 Å². The molecule has 0 spiro atoms. The van der Waals surface area contributed by atoms with Crippen LogP contribution in [0, 0.1) is 0 Å². The molecule has 0 aromatic rings. The molecule has 0 saturated carbocycles. The van der Waals surface area contributed by atoms with Gasteiger partial charge in [0.15, 0.2) is 0 Å². The van der Waals surface area contributed by atoms with Crippen LogP contribution < -0.4 is 0 Å². The second-order valence-corrected chi connectivity index (χ2v) is 1.80. The van der Waals surface area contributed by atoms with Crippen molar-refractivity contribution in [2.75, 3.05) is 0 Å². The third-order valence-corrected chi connectivity index (χ3v) is 0. The molecule has 0 bridgehead atoms. The first-order valence-corrected chi connectivity index (χ1v) is 2.68. The van der Waals surface area contributed by atoms with Gasteiger partial charge in [-0.3, -0.25) is 0 Å². The Morgan fingerprint density at radius 3 is 0.833 bits per heavy atom. The molecule has 0 aromatic carbocycles. The van der Waals surface area contributed by atoms with Gasteiger partial charge in [-0.1, -0.05) is 0 Å². The zero-order valence-corrected chi connectivity index (χ0v) is 3.29. The van der Waals surface area contributed by atoms with E-state index in [-0.39, 0.29) is 68.9 Å². The molecule has 0 heterocycles. The molecule has 0 unspecified atom stereocenters. The molecule has 0 radical (unpaired) electrons. The van der Waals surface area contributed by atoms with Crippen LogP contribution in [0.2, 0.25) is 0 Å². The van der Waals surface area contributed by atoms with E-state index in [0.717, 1.165) is 0 Å². The average molecular weight is 230 g/mol. The predicted molar refractivity (Wildman–Crippen MR) is 21.8 cm³/mol. The van der Waals surface area contributed by atoms with Crippen molar-refractivity contribution in [2.24, 2.45) is 0 Å². The van der Waals surface area contributed by atoms with Crippen molar-refractivity contribution in [1.29, 1.82) is 0 Å². The van der Waals surface area contributed by atoms with Crippen molar-refractivity contribution in [2.45, 2.75) is 0 Å². The number of hydrogen-bond acceptors (Lipinski definition) is 4. The van der Waals surface area contributed by atoms with E-state index in [1.807, 2.05) is 0 Å². The van der Waals surface area contributed by atoms with Crippen LogP contribution in [0.5, 0.6) is 0 Å². The molecule has 0 aromatic heterocycles. The van der Waals surface area contributed by atoms with E-state index in [1.165, 1.54) is 0 Å². The van der Waals surface area contributed by atoms with Crippen molar-refractivity contribution in [1.82, 2.24) is 0 Å². The van der Waals surface area contributed by atoms with Gasteiger partial charge in [-0.25, -0.2) is 0 Å². The first-order valence-electron chi connectivity index (χ1n) is 0.894. The molecule has 0 rings (SSSR count). The summed E-state index contributed by atoms with van der Waals surface area (Å²) in [5, 5.41) is 0. The normalized spacial score (nSPS) is 10.0. The Balaban J connectivity index is 0. The molecule has 0 aliphatic rings. The van der Waals surface area contributed by atoms with E-state index in [0.29, 0.717) is 0 Å². The first kappa shape index (κ1) is 11.0. The summed E-state index contributed by atoms with van der Waals surface area (Å²) in [6.07, 6.45) is 0. The summed E-state index contributed by atoms with van der Waals surface area (Å²) in [5.41, 5.74) is 0. The van der Waals surface area contributed by atoms with E-state index >= 15 is 0 Å². The molecule has 0 saturated heterocycles. The van der Waals surface area contributed by atoms with Crippen molar-refractivity contribution < 1.29 is 19.2 Å². The average Bonchev–Trinajstić information content (AvgIpc) is 0.722. The molecule has 4 nitrogen and oxygen atoms in total. The summed E-state index contributed by atoms with van der Waals surface area (Å²) >= 11 is 0. The predicted octanol–water partition coefficient (Wildman–Crippen LogP) is -3.26. The topological polar surface area (TPSA) is 80.9 Å². The van der Waals surface area contributed by atoms with Crippen LogP contribution in [0.25, 0.3) is 0 Å². The summed E-state index contributed by atoms with van der Waals surface area (Å²) in [6, 6.07) is 0. The summed E-state index contributed by atoms with van der Waals surface area (Å²) in [5.74, 6) is 0. The Labute approximate surface area is 94.7 Å². The molecule has 0 aliphatic heterocycles. The van der Waals surface area contributed by atoms with Gasteiger partial charge < -0.3 is 19.2 Å². The van der Waals surface area contributed by atoms with E-state index in [2.05, 4.69) is 0 Å². The Kier molecular flexibility index (Phi) is 7.38. The summed E-state index contributed by atoms with van der Waals surface area (Å²) < 4.78 is 0. The molecule has 0 aliphatic carbocycles. The molecular formula is H5CsO4Si. The van der Waals surface area contributed by atoms with Gasteiger partial charge in [-0.05, 0) is 0 Å². The standard InChI is InChI=1S/Cs.H4O4Si.H/c;1-5(2,3)4;/h;1-4H;. The van der Waals surface area contributed by atoms with Crippen LogP contribution in [-0.4, -0.2) is 97.1 Å². The molecule has 6 heavy (non-hydrogen) atoms. The van der Waals surface area contributed by atoms with Crippen LogP contribution >= 0.6 is 0 Å². The second-order valence-electron chi connectivity index (χ2n) is 0.600. The van der Waals surface area contributed by atoms with Crippen molar-refractivity contribution in [3.63, 3.8) is 0 Å². The molecular weight excluding hydrogens is 225 g/mol. The van der Waals surface area contributed by atoms with E-state index in [4.69, 9.17) is 19.2 Å². The van der Waals surface area contributed by atoms with Gasteiger partial charge in [0.05, 0.1) is 0 Å². The summed E-state index contributed by atoms with van der Waals surface area (Å²) in [7, 11) is -4.61. The number of rotatable bonds is 0. The maximum absolute atomic E-state index is 7.33. The van der Waals surface area contributed by atoms with Gasteiger partial charge in [0.1, 0.15) is 0 Å². The van der Waals surface area contributed by atoms with Crippen molar-refractivity contribution >= 4 is 77.9 Å². The molecule has 4 N–H and O–H groups in total. The van der Waals surface area contributed by atoms with Crippen LogP contribution in [-0.2, 0) is 0 Å². The Morgan fingerprint density at radius 1 is 0.833 bits per heavy atom. The fraction of sp³-hybridized carbons (Fsp3) is 0. The minimum atomic E-state index is -4.61. The Bertz CT molecular complexity index is 23.0. The number of hydrogen-bond donors (Lipinski definition) is 4. The van der Waals surface area contributed by atoms with E-state index < -0.39 is 9.05 Å². The van der Waals surface area contributed by atoms with Crippen LogP contribution in [0.4, 0.5) is 0 Å². The van der Waals surface area contributed by atoms with Crippen LogP contribution in [0.1, 0.15) is 0 Å². The summed E-state index contributed by atoms with van der Waals surface area (Å²) in [4.78, 5) is 29.3. The Hall–Kier alpha value is 2.11. The maximum atomic E-state index is 7.33. The van der Waals surface area contributed by atoms with Crippen molar-refractivity contribution in [3.8, 4) is 0 Å². The van der Waals surface area contributed by atoms with Gasteiger partial charge in [-0.2, -0.15) is 0 Å². The second kappa shape index (κ2) is 4.03. The zero-order valence-electron chi connectivity index (χ0n) is 2.29. The Morgan fingerprint density at radius 2 is 0.833 bits per heavy atom. The molecule has 6 heteroatoms. The van der Waals surface area contributed by atoms with Gasteiger partial charge in [0, 0.05) is 0 Å². The van der Waals surface area contributed by atoms with Gasteiger partial charge in [-0.15, -0.1) is 0 Å². The third kappa shape index (κ3) is 35.9. The third-order valence-electron chi connectivity index (χ3n) is 0. The fourth-order valence-corrected chi connectivity index (χ4v) is 0. The first-order chi connectivity index (χ1) is 2.00. The van der Waals surface area contributed by atoms with Crippen molar-refractivity contribution in [3.05, 3.63) is 0 Å². The van der Waals surface area contributed by atoms with Gasteiger partial charge in [0.2, 0.25) is 0 Å². The van der Waals surface area contributed by atoms with Crippen LogP contribution in [0.3, 0.4) is 0 Å². The van der Waals surface area contributed by atoms with E-state index in [1.54, 1.807) is 0 Å². The summed E-state index contributed by atoms with van der Waals surface area (Å²) in [6.45, 7) is 0. The van der Waals surface area contributed by atoms with Gasteiger partial charge in [0.25, 0.3) is 0 Å². The minimum absolute atomic E-state index is 0. The van der Waals surface area contributed by atoms with Crippen LogP contribution in [0.15, 0.2) is 0 Å². The zero-order chi connectivity index (χ0) is 4.50. The fourth-order valence-electron chi connectivity index (χ4n) is 0. The van der Waals surface area contributed by atoms with Gasteiger partial charge >= 0.3 is 77.9 Å². The molecule has 0 amide bonds. The SMILES string of the molecule is O[Si](O)(O)O.[CsH]. The monoisotopic (exact) mass is 230 g/mol.